The maximum Gasteiger partial charge on any atom is 0.123 e. The van der Waals surface area contributed by atoms with Crippen molar-refractivity contribution in [1.82, 2.24) is 4.98 Å². The molecular formula is C15H19FN2. The molecule has 0 aliphatic heterocycles. The fourth-order valence-electron chi connectivity index (χ4n) is 1.99. The molecule has 2 nitrogen and oxygen atoms in total. The lowest BCUT2D eigenvalue weighted by atomic mass is 9.89. The Bertz CT molecular complexity index is 583. The predicted octanol–water partition coefficient (Wildman–Crippen LogP) is 3.69. The molecule has 1 aromatic carbocycles. The summed E-state index contributed by atoms with van der Waals surface area (Å²) in [7, 11) is 0. The minimum atomic E-state index is -0.255. The fourth-order valence-corrected chi connectivity index (χ4v) is 1.99. The molecule has 0 saturated heterocycles. The van der Waals surface area contributed by atoms with Crippen molar-refractivity contribution in [2.45, 2.75) is 39.2 Å². The number of benzene rings is 1. The summed E-state index contributed by atoms with van der Waals surface area (Å²) in [6, 6.07) is 6.51. The van der Waals surface area contributed by atoms with E-state index in [9.17, 15) is 4.39 Å². The molecule has 96 valence electrons. The summed E-state index contributed by atoms with van der Waals surface area (Å²) in [6.45, 7) is 8.23. The zero-order chi connectivity index (χ0) is 13.5. The van der Waals surface area contributed by atoms with E-state index in [0.717, 1.165) is 22.2 Å². The van der Waals surface area contributed by atoms with Gasteiger partial charge in [0.1, 0.15) is 5.82 Å². The lowest BCUT2D eigenvalue weighted by Crippen LogP contribution is -2.16. The molecule has 0 aliphatic carbocycles. The van der Waals surface area contributed by atoms with Crippen LogP contribution in [0.1, 0.15) is 45.0 Å². The Labute approximate surface area is 107 Å². The molecule has 0 amide bonds. The van der Waals surface area contributed by atoms with Gasteiger partial charge in [-0.05, 0) is 36.8 Å². The van der Waals surface area contributed by atoms with Crippen LogP contribution in [0.4, 0.5) is 4.39 Å². The van der Waals surface area contributed by atoms with E-state index >= 15 is 0 Å². The average Bonchev–Trinajstić information content (AvgIpc) is 2.25. The van der Waals surface area contributed by atoms with Gasteiger partial charge in [-0.1, -0.05) is 20.8 Å². The number of nitrogens with two attached hydrogens (primary N) is 1. The first-order chi connectivity index (χ1) is 8.29. The number of fused-ring (bicyclic) bond motifs is 1. The lowest BCUT2D eigenvalue weighted by molar-refractivity contribution is 0.569. The van der Waals surface area contributed by atoms with Crippen LogP contribution in [0.5, 0.6) is 0 Å². The van der Waals surface area contributed by atoms with Gasteiger partial charge in [0.15, 0.2) is 0 Å². The minimum Gasteiger partial charge on any atom is -0.324 e. The Balaban J connectivity index is 2.79. The Morgan fingerprint density at radius 2 is 1.89 bits per heavy atom. The minimum absolute atomic E-state index is 0.0494. The Morgan fingerprint density at radius 3 is 2.44 bits per heavy atom. The second-order valence-electron chi connectivity index (χ2n) is 5.80. The van der Waals surface area contributed by atoms with Crippen LogP contribution in [0.25, 0.3) is 10.9 Å². The third-order valence-corrected chi connectivity index (χ3v) is 3.06. The van der Waals surface area contributed by atoms with E-state index in [4.69, 9.17) is 5.73 Å². The molecular weight excluding hydrogens is 227 g/mol. The van der Waals surface area contributed by atoms with E-state index < -0.39 is 0 Å². The van der Waals surface area contributed by atoms with E-state index in [0.29, 0.717) is 0 Å². The van der Waals surface area contributed by atoms with Crippen LogP contribution >= 0.6 is 0 Å². The highest BCUT2D eigenvalue weighted by Crippen LogP contribution is 2.29. The maximum absolute atomic E-state index is 13.3. The number of aromatic nitrogens is 1. The van der Waals surface area contributed by atoms with Gasteiger partial charge in [-0.2, -0.15) is 0 Å². The molecule has 0 aliphatic rings. The third kappa shape index (κ3) is 2.36. The molecule has 2 N–H and O–H groups in total. The number of hydrogen-bond donors (Lipinski definition) is 1. The first-order valence-electron chi connectivity index (χ1n) is 6.15. The summed E-state index contributed by atoms with van der Waals surface area (Å²) < 4.78 is 13.3. The predicted molar refractivity (Wildman–Crippen MR) is 73.0 cm³/mol. The van der Waals surface area contributed by atoms with Crippen LogP contribution in [0, 0.1) is 5.82 Å². The molecule has 1 atom stereocenters. The zero-order valence-corrected chi connectivity index (χ0v) is 11.3. The number of hydrogen-bond acceptors (Lipinski definition) is 2. The molecule has 1 heterocycles. The molecule has 0 radical (unpaired) electrons. The number of pyridine rings is 1. The van der Waals surface area contributed by atoms with Gasteiger partial charge < -0.3 is 5.73 Å². The topological polar surface area (TPSA) is 38.9 Å². The van der Waals surface area contributed by atoms with Gasteiger partial charge in [0.25, 0.3) is 0 Å². The second kappa shape index (κ2) is 4.32. The van der Waals surface area contributed by atoms with Gasteiger partial charge in [-0.15, -0.1) is 0 Å². The van der Waals surface area contributed by atoms with Crippen molar-refractivity contribution in [3.05, 3.63) is 41.3 Å². The van der Waals surface area contributed by atoms with Crippen LogP contribution in [0.15, 0.2) is 24.3 Å². The lowest BCUT2D eigenvalue weighted by Gasteiger charge is -2.21. The summed E-state index contributed by atoms with van der Waals surface area (Å²) in [6.07, 6.45) is 0. The molecule has 0 bridgehead atoms. The zero-order valence-electron chi connectivity index (χ0n) is 11.3. The van der Waals surface area contributed by atoms with Gasteiger partial charge in [0.05, 0.1) is 5.52 Å². The van der Waals surface area contributed by atoms with Gasteiger partial charge in [-0.3, -0.25) is 4.98 Å². The quantitative estimate of drug-likeness (QED) is 0.833. The van der Waals surface area contributed by atoms with Crippen molar-refractivity contribution < 1.29 is 4.39 Å². The van der Waals surface area contributed by atoms with Gasteiger partial charge in [0, 0.05) is 22.5 Å². The van der Waals surface area contributed by atoms with E-state index in [-0.39, 0.29) is 17.3 Å². The van der Waals surface area contributed by atoms with Crippen LogP contribution in [0.2, 0.25) is 0 Å². The van der Waals surface area contributed by atoms with Gasteiger partial charge in [-0.25, -0.2) is 4.39 Å². The Kier molecular flexibility index (Phi) is 3.11. The summed E-state index contributed by atoms with van der Waals surface area (Å²) >= 11 is 0. The number of rotatable bonds is 1. The van der Waals surface area contributed by atoms with E-state index in [1.807, 2.05) is 13.0 Å². The Morgan fingerprint density at radius 1 is 1.22 bits per heavy atom. The third-order valence-electron chi connectivity index (χ3n) is 3.06. The van der Waals surface area contributed by atoms with Gasteiger partial charge >= 0.3 is 0 Å². The molecule has 0 spiro atoms. The highest BCUT2D eigenvalue weighted by Gasteiger charge is 2.19. The van der Waals surface area contributed by atoms with E-state index in [2.05, 4.69) is 25.8 Å². The van der Waals surface area contributed by atoms with Crippen molar-refractivity contribution in [1.29, 1.82) is 0 Å². The van der Waals surface area contributed by atoms with Crippen LogP contribution in [-0.4, -0.2) is 4.98 Å². The van der Waals surface area contributed by atoms with Crippen molar-refractivity contribution in [2.75, 3.05) is 0 Å². The monoisotopic (exact) mass is 246 g/mol. The molecule has 0 saturated carbocycles. The number of halogens is 1. The van der Waals surface area contributed by atoms with E-state index in [1.165, 1.54) is 12.1 Å². The molecule has 18 heavy (non-hydrogen) atoms. The van der Waals surface area contributed by atoms with Gasteiger partial charge in [0.2, 0.25) is 0 Å². The summed E-state index contributed by atoms with van der Waals surface area (Å²) in [5.41, 5.74) is 8.67. The highest BCUT2D eigenvalue weighted by molar-refractivity contribution is 5.83. The smallest absolute Gasteiger partial charge is 0.123 e. The maximum atomic E-state index is 13.3. The summed E-state index contributed by atoms with van der Waals surface area (Å²) in [4.78, 5) is 4.61. The largest absolute Gasteiger partial charge is 0.324 e. The standard InChI is InChI=1S/C15H19FN2/c1-9(17)11-8-14(15(2,3)4)18-13-6-5-10(16)7-12(11)13/h5-9H,17H2,1-4H3. The number of nitrogens with zero attached hydrogens (tertiary/aromatic N) is 1. The fraction of sp³-hybridized carbons (Fsp3) is 0.400. The normalized spacial score (nSPS) is 13.9. The molecule has 2 rings (SSSR count). The van der Waals surface area contributed by atoms with Crippen LogP contribution < -0.4 is 5.73 Å². The van der Waals surface area contributed by atoms with E-state index in [1.54, 1.807) is 6.07 Å². The van der Waals surface area contributed by atoms with Crippen molar-refractivity contribution in [3.8, 4) is 0 Å². The second-order valence-corrected chi connectivity index (χ2v) is 5.80. The van der Waals surface area contributed by atoms with Crippen LogP contribution in [0.3, 0.4) is 0 Å². The van der Waals surface area contributed by atoms with Crippen molar-refractivity contribution >= 4 is 10.9 Å². The highest BCUT2D eigenvalue weighted by atomic mass is 19.1. The summed E-state index contributed by atoms with van der Waals surface area (Å²) in [5.74, 6) is -0.255. The Hall–Kier alpha value is -1.48. The van der Waals surface area contributed by atoms with Crippen molar-refractivity contribution in [2.24, 2.45) is 5.73 Å². The average molecular weight is 246 g/mol. The SMILES string of the molecule is CC(N)c1cc(C(C)(C)C)nc2ccc(F)cc12. The molecule has 0 fully saturated rings. The molecule has 1 aromatic heterocycles. The first kappa shape index (κ1) is 13.0. The molecule has 3 heteroatoms. The van der Waals surface area contributed by atoms with Crippen LogP contribution in [-0.2, 0) is 5.41 Å². The molecule has 1 unspecified atom stereocenters. The molecule has 2 aromatic rings. The summed E-state index contributed by atoms with van der Waals surface area (Å²) in [5, 5.41) is 0.804. The first-order valence-corrected chi connectivity index (χ1v) is 6.15. The van der Waals surface area contributed by atoms with Crippen molar-refractivity contribution in [3.63, 3.8) is 0 Å².